The van der Waals surface area contributed by atoms with Crippen molar-refractivity contribution in [1.29, 1.82) is 0 Å². The molecule has 8 heteroatoms. The second-order valence-electron chi connectivity index (χ2n) is 6.69. The summed E-state index contributed by atoms with van der Waals surface area (Å²) in [6.07, 6.45) is 3.75. The highest BCUT2D eigenvalue weighted by Gasteiger charge is 2.59. The average molecular weight is 492 g/mol. The summed E-state index contributed by atoms with van der Waals surface area (Å²) in [5, 5.41) is 0.317. The summed E-state index contributed by atoms with van der Waals surface area (Å²) in [7, 11) is 0. The van der Waals surface area contributed by atoms with Crippen LogP contribution in [0.2, 0.25) is 0 Å². The zero-order valence-electron chi connectivity index (χ0n) is 14.4. The lowest BCUT2D eigenvalue weighted by Crippen LogP contribution is -2.55. The zero-order valence-corrected chi connectivity index (χ0v) is 17.3. The van der Waals surface area contributed by atoms with Gasteiger partial charge in [0.15, 0.2) is 5.11 Å². The molecule has 2 heterocycles. The molecule has 4 rings (SSSR count). The standard InChI is InChI=1S/C19H14FIN4OS/c1-11-8-13(10-23-16(11)22-2)24-17(26)19(6-3-7-19)25(18(24)27)12-4-5-15(21)14(20)9-12/h4-5,8-10H,3,6-7H2,1H3. The number of nitrogens with zero attached hydrogens (tertiary/aromatic N) is 4. The van der Waals surface area contributed by atoms with Gasteiger partial charge < -0.3 is 9.74 Å². The monoisotopic (exact) mass is 492 g/mol. The van der Waals surface area contributed by atoms with Gasteiger partial charge in [-0.15, -0.1) is 4.98 Å². The van der Waals surface area contributed by atoms with Gasteiger partial charge in [0.05, 0.1) is 5.69 Å². The molecule has 1 aromatic carbocycles. The molecule has 0 atom stereocenters. The van der Waals surface area contributed by atoms with Gasteiger partial charge in [0.2, 0.25) is 0 Å². The van der Waals surface area contributed by atoms with Gasteiger partial charge >= 0.3 is 0 Å². The number of rotatable bonds is 2. The number of carbonyl (C=O) groups is 1. The second kappa shape index (κ2) is 6.49. The number of hydrogen-bond donors (Lipinski definition) is 0. The van der Waals surface area contributed by atoms with Gasteiger partial charge in [-0.05, 0) is 90.8 Å². The highest BCUT2D eigenvalue weighted by atomic mass is 127. The first-order valence-corrected chi connectivity index (χ1v) is 9.86. The van der Waals surface area contributed by atoms with E-state index >= 15 is 0 Å². The van der Waals surface area contributed by atoms with E-state index in [-0.39, 0.29) is 11.7 Å². The van der Waals surface area contributed by atoms with E-state index in [0.717, 1.165) is 6.42 Å². The van der Waals surface area contributed by atoms with Crippen molar-refractivity contribution in [2.75, 3.05) is 9.80 Å². The molecule has 1 saturated heterocycles. The van der Waals surface area contributed by atoms with Crippen LogP contribution in [0.3, 0.4) is 0 Å². The summed E-state index contributed by atoms with van der Waals surface area (Å²) in [5.74, 6) is -0.157. The van der Waals surface area contributed by atoms with Crippen molar-refractivity contribution in [3.63, 3.8) is 0 Å². The molecule has 5 nitrogen and oxygen atoms in total. The van der Waals surface area contributed by atoms with Crippen molar-refractivity contribution in [1.82, 2.24) is 4.98 Å². The van der Waals surface area contributed by atoms with Crippen LogP contribution in [0.4, 0.5) is 21.6 Å². The fourth-order valence-electron chi connectivity index (χ4n) is 3.62. The molecule has 1 aromatic heterocycles. The first kappa shape index (κ1) is 18.3. The SMILES string of the molecule is [C-]#[N+]c1ncc(N2C(=O)C3(CCC3)N(c3ccc(I)c(F)c3)C2=S)cc1C. The summed E-state index contributed by atoms with van der Waals surface area (Å²) in [6.45, 7) is 8.92. The van der Waals surface area contributed by atoms with E-state index in [0.29, 0.717) is 44.3 Å². The molecule has 136 valence electrons. The Kier molecular flexibility index (Phi) is 4.39. The number of aromatic nitrogens is 1. The Morgan fingerprint density at radius 2 is 2.07 bits per heavy atom. The average Bonchev–Trinajstić information content (AvgIpc) is 2.84. The smallest absolute Gasteiger partial charge is 0.272 e. The number of pyridine rings is 1. The number of benzene rings is 1. The molecule has 1 aliphatic heterocycles. The maximum atomic E-state index is 14.2. The third-order valence-electron chi connectivity index (χ3n) is 5.15. The van der Waals surface area contributed by atoms with Gasteiger partial charge in [0, 0.05) is 9.26 Å². The molecule has 2 fully saturated rings. The number of hydrogen-bond acceptors (Lipinski definition) is 3. The van der Waals surface area contributed by atoms with Crippen LogP contribution in [0.5, 0.6) is 0 Å². The van der Waals surface area contributed by atoms with Crippen molar-refractivity contribution in [2.24, 2.45) is 0 Å². The zero-order chi connectivity index (χ0) is 19.3. The number of halogens is 2. The van der Waals surface area contributed by atoms with E-state index < -0.39 is 5.54 Å². The van der Waals surface area contributed by atoms with Crippen molar-refractivity contribution in [3.8, 4) is 0 Å². The number of aryl methyl sites for hydroxylation is 1. The minimum Gasteiger partial charge on any atom is -0.360 e. The largest absolute Gasteiger partial charge is 0.360 e. The summed E-state index contributed by atoms with van der Waals surface area (Å²) < 4.78 is 14.7. The van der Waals surface area contributed by atoms with Gasteiger partial charge in [-0.1, -0.05) is 6.57 Å². The second-order valence-corrected chi connectivity index (χ2v) is 8.22. The van der Waals surface area contributed by atoms with Crippen LogP contribution < -0.4 is 9.80 Å². The number of carbonyl (C=O) groups excluding carboxylic acids is 1. The fourth-order valence-corrected chi connectivity index (χ4v) is 4.43. The Labute approximate surface area is 175 Å². The molecule has 2 aromatic rings. The van der Waals surface area contributed by atoms with Crippen molar-refractivity contribution in [2.45, 2.75) is 31.7 Å². The summed E-state index contributed by atoms with van der Waals surface area (Å²) in [6, 6.07) is 6.65. The molecule has 1 aliphatic carbocycles. The Morgan fingerprint density at radius 1 is 1.33 bits per heavy atom. The Balaban J connectivity index is 1.81. The van der Waals surface area contributed by atoms with Gasteiger partial charge in [-0.2, -0.15) is 0 Å². The lowest BCUT2D eigenvalue weighted by molar-refractivity contribution is -0.123. The van der Waals surface area contributed by atoms with Crippen LogP contribution in [0, 0.1) is 22.9 Å². The number of thiocarbonyl (C=S) groups is 1. The Bertz CT molecular complexity index is 1030. The maximum absolute atomic E-state index is 14.2. The van der Waals surface area contributed by atoms with E-state index in [1.165, 1.54) is 17.2 Å². The third-order valence-corrected chi connectivity index (χ3v) is 6.39. The van der Waals surface area contributed by atoms with E-state index in [1.807, 2.05) is 22.6 Å². The third kappa shape index (κ3) is 2.63. The van der Waals surface area contributed by atoms with E-state index in [4.69, 9.17) is 18.8 Å². The first-order chi connectivity index (χ1) is 12.9. The normalized spacial score (nSPS) is 18.0. The summed E-state index contributed by atoms with van der Waals surface area (Å²) in [5.41, 5.74) is 1.04. The lowest BCUT2D eigenvalue weighted by atomic mass is 9.75. The summed E-state index contributed by atoms with van der Waals surface area (Å²) in [4.78, 5) is 24.1. The molecule has 27 heavy (non-hydrogen) atoms. The van der Waals surface area contributed by atoms with Crippen molar-refractivity contribution >= 4 is 63.0 Å². The van der Waals surface area contributed by atoms with Crippen LogP contribution >= 0.6 is 34.8 Å². The first-order valence-electron chi connectivity index (χ1n) is 8.37. The molecule has 0 unspecified atom stereocenters. The van der Waals surface area contributed by atoms with Crippen LogP contribution in [0.1, 0.15) is 24.8 Å². The molecule has 1 amide bonds. The van der Waals surface area contributed by atoms with Crippen molar-refractivity contribution in [3.05, 3.63) is 56.8 Å². The lowest BCUT2D eigenvalue weighted by Gasteiger charge is -2.43. The minimum absolute atomic E-state index is 0.116. The molecule has 2 aliphatic rings. The van der Waals surface area contributed by atoms with Crippen LogP contribution in [-0.4, -0.2) is 21.5 Å². The Hall–Kier alpha value is -2.12. The topological polar surface area (TPSA) is 40.8 Å². The number of anilines is 2. The minimum atomic E-state index is -0.761. The van der Waals surface area contributed by atoms with Gasteiger partial charge in [0.1, 0.15) is 17.6 Å². The predicted octanol–water partition coefficient (Wildman–Crippen LogP) is 4.75. The predicted molar refractivity (Wildman–Crippen MR) is 113 cm³/mol. The highest BCUT2D eigenvalue weighted by molar-refractivity contribution is 14.1. The molecule has 0 bridgehead atoms. The molecule has 1 saturated carbocycles. The molecular weight excluding hydrogens is 478 g/mol. The van der Waals surface area contributed by atoms with Gasteiger partial charge in [-0.3, -0.25) is 9.69 Å². The highest BCUT2D eigenvalue weighted by Crippen LogP contribution is 2.48. The van der Waals surface area contributed by atoms with Crippen molar-refractivity contribution < 1.29 is 9.18 Å². The quantitative estimate of drug-likeness (QED) is 0.345. The Morgan fingerprint density at radius 3 is 2.63 bits per heavy atom. The van der Waals surface area contributed by atoms with E-state index in [1.54, 1.807) is 30.0 Å². The molecule has 0 N–H and O–H groups in total. The molecular formula is C19H14FIN4OS. The maximum Gasteiger partial charge on any atom is 0.272 e. The van der Waals surface area contributed by atoms with Crippen LogP contribution in [0.25, 0.3) is 4.85 Å². The van der Waals surface area contributed by atoms with E-state index in [2.05, 4.69) is 9.83 Å². The number of amides is 1. The molecule has 0 radical (unpaired) electrons. The van der Waals surface area contributed by atoms with Gasteiger partial charge in [0.25, 0.3) is 11.7 Å². The van der Waals surface area contributed by atoms with Crippen LogP contribution in [-0.2, 0) is 4.79 Å². The van der Waals surface area contributed by atoms with E-state index in [9.17, 15) is 9.18 Å². The summed E-state index contributed by atoms with van der Waals surface area (Å²) >= 11 is 7.58. The molecule has 1 spiro atoms. The van der Waals surface area contributed by atoms with Crippen LogP contribution in [0.15, 0.2) is 30.5 Å². The van der Waals surface area contributed by atoms with Gasteiger partial charge in [-0.25, -0.2) is 4.39 Å². The fraction of sp³-hybridized carbons (Fsp3) is 0.263.